The Morgan fingerprint density at radius 3 is 1.90 bits per heavy atom. The van der Waals surface area contributed by atoms with Crippen LogP contribution < -0.4 is 10.6 Å². The topological polar surface area (TPSA) is 92.3 Å². The van der Waals surface area contributed by atoms with Gasteiger partial charge in [0, 0.05) is 17.4 Å². The zero-order valence-corrected chi connectivity index (χ0v) is 18.8. The Bertz CT molecular complexity index is 901. The second-order valence-corrected chi connectivity index (χ2v) is 12.2. The molecule has 1 atom stereocenters. The van der Waals surface area contributed by atoms with E-state index in [1.807, 2.05) is 13.8 Å². The second kappa shape index (κ2) is 7.66. The standard InChI is InChI=1S/C23H32N2O4S/c1-14(2)20(21(26)24-18-4-6-19(7-5-18)30(3,28)29)25-22(27)23-11-15-8-16(12-23)10-17(9-15)13-23/h4-7,14-17,20H,8-13H2,1-3H3,(H,24,26)(H,25,27)/t15?,16?,17?,20-,23?/m0/s1. The summed E-state index contributed by atoms with van der Waals surface area (Å²) in [5.74, 6) is 1.72. The highest BCUT2D eigenvalue weighted by Crippen LogP contribution is 2.60. The van der Waals surface area contributed by atoms with Crippen molar-refractivity contribution in [3.63, 3.8) is 0 Å². The number of amides is 2. The lowest BCUT2D eigenvalue weighted by Crippen LogP contribution is -2.57. The number of hydrogen-bond acceptors (Lipinski definition) is 4. The van der Waals surface area contributed by atoms with Crippen LogP contribution in [0.15, 0.2) is 29.2 Å². The fourth-order valence-corrected chi connectivity index (χ4v) is 6.85. The van der Waals surface area contributed by atoms with Crippen LogP contribution in [0.4, 0.5) is 5.69 Å². The van der Waals surface area contributed by atoms with Crippen molar-refractivity contribution in [3.8, 4) is 0 Å². The molecule has 2 amide bonds. The molecule has 1 aromatic rings. The van der Waals surface area contributed by atoms with Gasteiger partial charge in [-0.3, -0.25) is 9.59 Å². The van der Waals surface area contributed by atoms with Crippen LogP contribution in [0.5, 0.6) is 0 Å². The Kier molecular flexibility index (Phi) is 5.45. The number of sulfone groups is 1. The lowest BCUT2D eigenvalue weighted by atomic mass is 9.49. The van der Waals surface area contributed by atoms with Gasteiger partial charge in [-0.25, -0.2) is 8.42 Å². The fourth-order valence-electron chi connectivity index (χ4n) is 6.22. The minimum Gasteiger partial charge on any atom is -0.344 e. The van der Waals surface area contributed by atoms with Gasteiger partial charge < -0.3 is 10.6 Å². The van der Waals surface area contributed by atoms with E-state index in [-0.39, 0.29) is 28.0 Å². The van der Waals surface area contributed by atoms with Crippen molar-refractivity contribution in [3.05, 3.63) is 24.3 Å². The molecule has 4 saturated carbocycles. The highest BCUT2D eigenvalue weighted by atomic mass is 32.2. The van der Waals surface area contributed by atoms with E-state index in [4.69, 9.17) is 0 Å². The maximum atomic E-state index is 13.4. The first-order chi connectivity index (χ1) is 14.1. The van der Waals surface area contributed by atoms with E-state index in [9.17, 15) is 18.0 Å². The number of anilines is 1. The number of benzene rings is 1. The average molecular weight is 433 g/mol. The van der Waals surface area contributed by atoms with Crippen LogP contribution in [0.2, 0.25) is 0 Å². The summed E-state index contributed by atoms with van der Waals surface area (Å²) >= 11 is 0. The van der Waals surface area contributed by atoms with Crippen LogP contribution in [0, 0.1) is 29.1 Å². The van der Waals surface area contributed by atoms with E-state index >= 15 is 0 Å². The smallest absolute Gasteiger partial charge is 0.247 e. The number of carbonyl (C=O) groups is 2. The summed E-state index contributed by atoms with van der Waals surface area (Å²) in [6.07, 6.45) is 7.84. The van der Waals surface area contributed by atoms with Crippen LogP contribution in [-0.4, -0.2) is 32.5 Å². The molecule has 6 nitrogen and oxygen atoms in total. The van der Waals surface area contributed by atoms with Gasteiger partial charge in [0.05, 0.1) is 4.90 Å². The van der Waals surface area contributed by atoms with E-state index in [0.29, 0.717) is 23.4 Å². The van der Waals surface area contributed by atoms with Crippen molar-refractivity contribution in [2.75, 3.05) is 11.6 Å². The predicted octanol–water partition coefficient (Wildman–Crippen LogP) is 3.39. The highest BCUT2D eigenvalue weighted by Gasteiger charge is 2.55. The van der Waals surface area contributed by atoms with Crippen molar-refractivity contribution in [1.29, 1.82) is 0 Å². The van der Waals surface area contributed by atoms with Crippen LogP contribution >= 0.6 is 0 Å². The average Bonchev–Trinajstić information content (AvgIpc) is 2.64. The van der Waals surface area contributed by atoms with Gasteiger partial charge in [0.25, 0.3) is 0 Å². The predicted molar refractivity (Wildman–Crippen MR) is 116 cm³/mol. The molecule has 0 spiro atoms. The number of nitrogens with one attached hydrogen (secondary N) is 2. The molecule has 30 heavy (non-hydrogen) atoms. The van der Waals surface area contributed by atoms with Gasteiger partial charge in [-0.2, -0.15) is 0 Å². The maximum Gasteiger partial charge on any atom is 0.247 e. The molecular formula is C23H32N2O4S. The molecule has 4 fully saturated rings. The maximum absolute atomic E-state index is 13.4. The summed E-state index contributed by atoms with van der Waals surface area (Å²) in [4.78, 5) is 26.5. The minimum atomic E-state index is -3.29. The molecule has 4 aliphatic carbocycles. The molecule has 0 saturated heterocycles. The Morgan fingerprint density at radius 1 is 0.967 bits per heavy atom. The molecular weight excluding hydrogens is 400 g/mol. The van der Waals surface area contributed by atoms with E-state index in [2.05, 4.69) is 10.6 Å². The van der Waals surface area contributed by atoms with Gasteiger partial charge in [0.2, 0.25) is 11.8 Å². The van der Waals surface area contributed by atoms with E-state index < -0.39 is 15.9 Å². The van der Waals surface area contributed by atoms with E-state index in [1.165, 1.54) is 31.4 Å². The first-order valence-electron chi connectivity index (χ1n) is 11.0. The monoisotopic (exact) mass is 432 g/mol. The molecule has 0 unspecified atom stereocenters. The van der Waals surface area contributed by atoms with Crippen molar-refractivity contribution < 1.29 is 18.0 Å². The van der Waals surface area contributed by atoms with Crippen LogP contribution in [0.1, 0.15) is 52.4 Å². The first kappa shape index (κ1) is 21.3. The molecule has 0 heterocycles. The van der Waals surface area contributed by atoms with Crippen LogP contribution in [-0.2, 0) is 19.4 Å². The van der Waals surface area contributed by atoms with Crippen LogP contribution in [0.3, 0.4) is 0 Å². The largest absolute Gasteiger partial charge is 0.344 e. The summed E-state index contributed by atoms with van der Waals surface area (Å²) < 4.78 is 23.2. The highest BCUT2D eigenvalue weighted by molar-refractivity contribution is 7.90. The zero-order chi connectivity index (χ0) is 21.7. The second-order valence-electron chi connectivity index (χ2n) is 10.2. The Hall–Kier alpha value is -1.89. The van der Waals surface area contributed by atoms with Crippen molar-refractivity contribution >= 4 is 27.3 Å². The molecule has 7 heteroatoms. The first-order valence-corrected chi connectivity index (χ1v) is 12.9. The third-order valence-electron chi connectivity index (χ3n) is 7.31. The number of rotatable bonds is 6. The van der Waals surface area contributed by atoms with Crippen molar-refractivity contribution in [1.82, 2.24) is 5.32 Å². The molecule has 0 aliphatic heterocycles. The summed E-state index contributed by atoms with van der Waals surface area (Å²) in [6, 6.07) is 5.48. The van der Waals surface area contributed by atoms with Gasteiger partial charge >= 0.3 is 0 Å². The van der Waals surface area contributed by atoms with E-state index in [0.717, 1.165) is 25.5 Å². The Balaban J connectivity index is 1.45. The summed E-state index contributed by atoms with van der Waals surface area (Å²) in [5, 5.41) is 5.91. The molecule has 0 radical (unpaired) electrons. The molecule has 4 bridgehead atoms. The van der Waals surface area contributed by atoms with Crippen molar-refractivity contribution in [2.45, 2.75) is 63.3 Å². The molecule has 2 N–H and O–H groups in total. The van der Waals surface area contributed by atoms with Crippen LogP contribution in [0.25, 0.3) is 0 Å². The molecule has 0 aromatic heterocycles. The molecule has 4 aliphatic rings. The minimum absolute atomic E-state index is 0.0443. The van der Waals surface area contributed by atoms with Gasteiger partial charge in [-0.05, 0) is 86.5 Å². The molecule has 164 valence electrons. The van der Waals surface area contributed by atoms with Gasteiger partial charge in [-0.15, -0.1) is 0 Å². The summed E-state index contributed by atoms with van der Waals surface area (Å²) in [6.45, 7) is 3.86. The zero-order valence-electron chi connectivity index (χ0n) is 18.0. The third-order valence-corrected chi connectivity index (χ3v) is 8.43. The SMILES string of the molecule is CC(C)[C@H](NC(=O)C12CC3CC(CC(C3)C1)C2)C(=O)Nc1ccc(S(C)(=O)=O)cc1. The normalized spacial score (nSPS) is 30.9. The number of carbonyl (C=O) groups excluding carboxylic acids is 2. The third kappa shape index (κ3) is 4.13. The summed E-state index contributed by atoms with van der Waals surface area (Å²) in [7, 11) is -3.29. The molecule has 5 rings (SSSR count). The van der Waals surface area contributed by atoms with E-state index in [1.54, 1.807) is 12.1 Å². The Morgan fingerprint density at radius 2 is 1.47 bits per heavy atom. The van der Waals surface area contributed by atoms with Gasteiger partial charge in [0.1, 0.15) is 6.04 Å². The van der Waals surface area contributed by atoms with Crippen molar-refractivity contribution in [2.24, 2.45) is 29.1 Å². The Labute approximate surface area is 179 Å². The lowest BCUT2D eigenvalue weighted by molar-refractivity contribution is -0.148. The molecule has 1 aromatic carbocycles. The summed E-state index contributed by atoms with van der Waals surface area (Å²) in [5.41, 5.74) is 0.223. The quantitative estimate of drug-likeness (QED) is 0.721. The lowest BCUT2D eigenvalue weighted by Gasteiger charge is -2.55. The van der Waals surface area contributed by atoms with Gasteiger partial charge in [-0.1, -0.05) is 13.8 Å². The number of hydrogen-bond donors (Lipinski definition) is 2. The fraction of sp³-hybridized carbons (Fsp3) is 0.652. The van der Waals surface area contributed by atoms with Gasteiger partial charge in [0.15, 0.2) is 9.84 Å².